The molecule has 1 saturated carbocycles. The van der Waals surface area contributed by atoms with E-state index in [4.69, 9.17) is 0 Å². The molecule has 0 atom stereocenters. The van der Waals surface area contributed by atoms with Gasteiger partial charge in [0.05, 0.1) is 0 Å². The number of rotatable bonds is 3. The van der Waals surface area contributed by atoms with Gasteiger partial charge in [0.15, 0.2) is 7.28 Å². The molecule has 0 spiro atoms. The van der Waals surface area contributed by atoms with E-state index in [1.54, 1.807) is 0 Å². The summed E-state index contributed by atoms with van der Waals surface area (Å²) in [6.07, 6.45) is 9.43. The minimum Gasteiger partial charge on any atom is -0.120 e. The van der Waals surface area contributed by atoms with Crippen LogP contribution in [0.25, 0.3) is 0 Å². The summed E-state index contributed by atoms with van der Waals surface area (Å²) < 4.78 is 0. The van der Waals surface area contributed by atoms with Gasteiger partial charge in [-0.1, -0.05) is 61.1 Å². The molecule has 0 heterocycles. The smallest absolute Gasteiger partial charge is 0.120 e. The largest absolute Gasteiger partial charge is 0.180 e. The Morgan fingerprint density at radius 1 is 1.00 bits per heavy atom. The van der Waals surface area contributed by atoms with Crippen LogP contribution in [-0.4, -0.2) is 7.28 Å². The van der Waals surface area contributed by atoms with Crippen LogP contribution in [0, 0.1) is 5.92 Å². The lowest BCUT2D eigenvalue weighted by molar-refractivity contribution is 0.419. The van der Waals surface area contributed by atoms with Gasteiger partial charge in [-0.25, -0.2) is 0 Å². The SMILES string of the molecule is [B](C=CC1CCCCC1)c1ccccc1. The molecule has 0 aliphatic heterocycles. The molecule has 0 bridgehead atoms. The zero-order valence-electron chi connectivity index (χ0n) is 9.23. The molecule has 0 amide bonds. The predicted molar refractivity (Wildman–Crippen MR) is 67.5 cm³/mol. The van der Waals surface area contributed by atoms with Crippen molar-refractivity contribution in [2.75, 3.05) is 0 Å². The summed E-state index contributed by atoms with van der Waals surface area (Å²) in [4.78, 5) is 0. The van der Waals surface area contributed by atoms with Gasteiger partial charge in [-0.3, -0.25) is 0 Å². The molecule has 0 aromatic heterocycles. The molecule has 1 radical (unpaired) electrons. The highest BCUT2D eigenvalue weighted by molar-refractivity contribution is 6.58. The molecule has 0 unspecified atom stereocenters. The van der Waals surface area contributed by atoms with Gasteiger partial charge in [0.2, 0.25) is 0 Å². The van der Waals surface area contributed by atoms with Crippen LogP contribution in [0.15, 0.2) is 42.4 Å². The second-order valence-corrected chi connectivity index (χ2v) is 4.36. The van der Waals surface area contributed by atoms with Crippen LogP contribution < -0.4 is 5.46 Å². The van der Waals surface area contributed by atoms with Crippen LogP contribution in [0.4, 0.5) is 0 Å². The highest BCUT2D eigenvalue weighted by atomic mass is 14.1. The highest BCUT2D eigenvalue weighted by Crippen LogP contribution is 2.24. The highest BCUT2D eigenvalue weighted by Gasteiger charge is 2.09. The molecule has 0 nitrogen and oxygen atoms in total. The first-order valence-electron chi connectivity index (χ1n) is 6.02. The van der Waals surface area contributed by atoms with Crippen molar-refractivity contribution in [2.24, 2.45) is 5.92 Å². The first-order valence-corrected chi connectivity index (χ1v) is 6.02. The van der Waals surface area contributed by atoms with Crippen molar-refractivity contribution in [3.63, 3.8) is 0 Å². The van der Waals surface area contributed by atoms with Crippen molar-refractivity contribution < 1.29 is 0 Å². The maximum absolute atomic E-state index is 2.38. The van der Waals surface area contributed by atoms with E-state index in [0.717, 1.165) is 5.92 Å². The van der Waals surface area contributed by atoms with Crippen LogP contribution in [0.1, 0.15) is 32.1 Å². The van der Waals surface area contributed by atoms with Gasteiger partial charge in [-0.05, 0) is 18.8 Å². The fourth-order valence-corrected chi connectivity index (χ4v) is 2.21. The second-order valence-electron chi connectivity index (χ2n) is 4.36. The summed E-state index contributed by atoms with van der Waals surface area (Å²) in [7, 11) is 2.20. The summed E-state index contributed by atoms with van der Waals surface area (Å²) in [6, 6.07) is 10.5. The Hall–Kier alpha value is -0.975. The Morgan fingerprint density at radius 2 is 1.73 bits per heavy atom. The lowest BCUT2D eigenvalue weighted by atomic mass is 9.69. The predicted octanol–water partition coefficient (Wildman–Crippen LogP) is 3.11. The van der Waals surface area contributed by atoms with Gasteiger partial charge in [0.1, 0.15) is 0 Å². The van der Waals surface area contributed by atoms with Gasteiger partial charge in [0.25, 0.3) is 0 Å². The topological polar surface area (TPSA) is 0 Å². The maximum Gasteiger partial charge on any atom is 0.180 e. The molecular weight excluding hydrogens is 179 g/mol. The van der Waals surface area contributed by atoms with Crippen molar-refractivity contribution in [1.82, 2.24) is 0 Å². The average molecular weight is 197 g/mol. The van der Waals surface area contributed by atoms with E-state index < -0.39 is 0 Å². The van der Waals surface area contributed by atoms with Crippen molar-refractivity contribution >= 4 is 12.7 Å². The molecule has 15 heavy (non-hydrogen) atoms. The molecule has 77 valence electrons. The van der Waals surface area contributed by atoms with E-state index in [9.17, 15) is 0 Å². The Bertz CT molecular complexity index is 296. The molecule has 2 rings (SSSR count). The lowest BCUT2D eigenvalue weighted by Gasteiger charge is -2.17. The normalized spacial score (nSPS) is 18.1. The molecule has 1 aromatic carbocycles. The van der Waals surface area contributed by atoms with E-state index in [1.165, 1.54) is 37.6 Å². The van der Waals surface area contributed by atoms with E-state index in [-0.39, 0.29) is 0 Å². The molecule has 1 aromatic rings. The van der Waals surface area contributed by atoms with E-state index >= 15 is 0 Å². The van der Waals surface area contributed by atoms with Gasteiger partial charge in [-0.15, -0.1) is 5.98 Å². The van der Waals surface area contributed by atoms with Crippen molar-refractivity contribution in [2.45, 2.75) is 32.1 Å². The maximum atomic E-state index is 2.38. The van der Waals surface area contributed by atoms with Crippen LogP contribution in [0.5, 0.6) is 0 Å². The molecule has 1 heteroatoms. The fraction of sp³-hybridized carbons (Fsp3) is 0.429. The third-order valence-corrected chi connectivity index (χ3v) is 3.12. The summed E-state index contributed by atoms with van der Waals surface area (Å²) in [5.41, 5.74) is 1.30. The van der Waals surface area contributed by atoms with Crippen molar-refractivity contribution in [3.05, 3.63) is 42.4 Å². The molecule has 1 aliphatic carbocycles. The third-order valence-electron chi connectivity index (χ3n) is 3.12. The van der Waals surface area contributed by atoms with Crippen LogP contribution >= 0.6 is 0 Å². The first-order chi connectivity index (χ1) is 7.45. The summed E-state index contributed by atoms with van der Waals surface area (Å²) >= 11 is 0. The standard InChI is InChI=1S/C14H18B/c1-3-7-13(8-4-1)11-12-15-14-9-5-2-6-10-14/h2,5-6,9-13H,1,3-4,7-8H2. The molecule has 1 aliphatic rings. The third kappa shape index (κ3) is 3.58. The van der Waals surface area contributed by atoms with E-state index in [1.807, 2.05) is 0 Å². The molecule has 0 saturated heterocycles. The lowest BCUT2D eigenvalue weighted by Crippen LogP contribution is -2.11. The summed E-state index contributed by atoms with van der Waals surface area (Å²) in [5, 5.41) is 0. The van der Waals surface area contributed by atoms with Crippen molar-refractivity contribution in [3.8, 4) is 0 Å². The Balaban J connectivity index is 1.79. The van der Waals surface area contributed by atoms with Gasteiger partial charge < -0.3 is 0 Å². The monoisotopic (exact) mass is 197 g/mol. The van der Waals surface area contributed by atoms with Crippen LogP contribution in [0.3, 0.4) is 0 Å². The zero-order valence-corrected chi connectivity index (χ0v) is 9.23. The number of hydrogen-bond acceptors (Lipinski definition) is 0. The van der Waals surface area contributed by atoms with Gasteiger partial charge in [-0.2, -0.15) is 0 Å². The Labute approximate surface area is 93.6 Å². The van der Waals surface area contributed by atoms with E-state index in [0.29, 0.717) is 0 Å². The average Bonchev–Trinajstić information content (AvgIpc) is 2.32. The zero-order chi connectivity index (χ0) is 10.3. The van der Waals surface area contributed by atoms with E-state index in [2.05, 4.69) is 49.7 Å². The number of hydrogen-bond donors (Lipinski definition) is 0. The van der Waals surface area contributed by atoms with Crippen LogP contribution in [-0.2, 0) is 0 Å². The Morgan fingerprint density at radius 3 is 2.47 bits per heavy atom. The fourth-order valence-electron chi connectivity index (χ4n) is 2.21. The number of benzene rings is 1. The quantitative estimate of drug-likeness (QED) is 0.653. The molecule has 0 N–H and O–H groups in total. The summed E-state index contributed by atoms with van der Waals surface area (Å²) in [5.74, 6) is 3.06. The minimum atomic E-state index is 0.832. The van der Waals surface area contributed by atoms with Gasteiger partial charge >= 0.3 is 0 Å². The Kier molecular flexibility index (Phi) is 4.07. The second kappa shape index (κ2) is 5.80. The molecular formula is C14H18B. The molecule has 1 fully saturated rings. The number of allylic oxidation sites excluding steroid dienone is 1. The minimum absolute atomic E-state index is 0.832. The van der Waals surface area contributed by atoms with Gasteiger partial charge in [0, 0.05) is 0 Å². The summed E-state index contributed by atoms with van der Waals surface area (Å²) in [6.45, 7) is 0. The van der Waals surface area contributed by atoms with Crippen molar-refractivity contribution in [1.29, 1.82) is 0 Å². The van der Waals surface area contributed by atoms with Crippen LogP contribution in [0.2, 0.25) is 0 Å². The first kappa shape index (κ1) is 10.5.